The summed E-state index contributed by atoms with van der Waals surface area (Å²) < 4.78 is 5.22. The Morgan fingerprint density at radius 3 is 2.48 bits per heavy atom. The van der Waals surface area contributed by atoms with E-state index in [1.165, 1.54) is 0 Å². The van der Waals surface area contributed by atoms with E-state index in [4.69, 9.17) is 16.3 Å². The van der Waals surface area contributed by atoms with Crippen LogP contribution in [0.1, 0.15) is 27.4 Å². The lowest BCUT2D eigenvalue weighted by Gasteiger charge is -2.11. The molecule has 0 aliphatic heterocycles. The van der Waals surface area contributed by atoms with Gasteiger partial charge in [-0.3, -0.25) is 4.79 Å². The quantitative estimate of drug-likeness (QED) is 0.797. The van der Waals surface area contributed by atoms with E-state index in [9.17, 15) is 10.1 Å². The van der Waals surface area contributed by atoms with Gasteiger partial charge < -0.3 is 4.74 Å². The zero-order valence-corrected chi connectivity index (χ0v) is 12.5. The van der Waals surface area contributed by atoms with Crippen LogP contribution in [0.25, 0.3) is 0 Å². The molecule has 0 bridgehead atoms. The van der Waals surface area contributed by atoms with Crippen molar-refractivity contribution < 1.29 is 9.53 Å². The Kier molecular flexibility index (Phi) is 4.62. The molecule has 0 aliphatic carbocycles. The maximum atomic E-state index is 12.5. The molecule has 0 aliphatic rings. The van der Waals surface area contributed by atoms with Crippen molar-refractivity contribution in [3.63, 3.8) is 0 Å². The minimum atomic E-state index is -0.852. The number of nitriles is 1. The van der Waals surface area contributed by atoms with Crippen LogP contribution >= 0.6 is 11.6 Å². The Balaban J connectivity index is 2.37. The van der Waals surface area contributed by atoms with Crippen LogP contribution in [0.15, 0.2) is 42.5 Å². The molecular weight excluding hydrogens is 286 g/mol. The number of hydrogen-bond donors (Lipinski definition) is 0. The van der Waals surface area contributed by atoms with E-state index in [-0.39, 0.29) is 5.78 Å². The van der Waals surface area contributed by atoms with Crippen molar-refractivity contribution in [3.05, 3.63) is 64.2 Å². The van der Waals surface area contributed by atoms with Crippen LogP contribution in [0.4, 0.5) is 0 Å². The Bertz CT molecular complexity index is 702. The lowest BCUT2D eigenvalue weighted by molar-refractivity contribution is 0.0978. The highest BCUT2D eigenvalue weighted by Crippen LogP contribution is 2.25. The number of Topliss-reactive ketones (excluding diaryl/α,β-unsaturated/α-hetero) is 1. The van der Waals surface area contributed by atoms with E-state index in [1.807, 2.05) is 13.0 Å². The molecule has 2 aromatic carbocycles. The minimum absolute atomic E-state index is 0.252. The molecule has 3 nitrogen and oxygen atoms in total. The summed E-state index contributed by atoms with van der Waals surface area (Å²) in [6.45, 7) is 1.90. The van der Waals surface area contributed by atoms with Crippen molar-refractivity contribution in [1.29, 1.82) is 5.26 Å². The molecular formula is C17H14ClNO2. The van der Waals surface area contributed by atoms with E-state index < -0.39 is 5.92 Å². The first-order valence-electron chi connectivity index (χ1n) is 6.40. The molecule has 4 heteroatoms. The smallest absolute Gasteiger partial charge is 0.184 e. The van der Waals surface area contributed by atoms with Gasteiger partial charge in [0.1, 0.15) is 11.7 Å². The SMILES string of the molecule is COc1cc(C(=O)C(C#N)c2ccc(Cl)cc2)ccc1C. The maximum absolute atomic E-state index is 12.5. The number of benzene rings is 2. The van der Waals surface area contributed by atoms with Crippen LogP contribution in [0.3, 0.4) is 0 Å². The third kappa shape index (κ3) is 3.24. The highest BCUT2D eigenvalue weighted by Gasteiger charge is 2.22. The van der Waals surface area contributed by atoms with Gasteiger partial charge in [-0.15, -0.1) is 0 Å². The van der Waals surface area contributed by atoms with Gasteiger partial charge in [-0.2, -0.15) is 5.26 Å². The number of rotatable bonds is 4. The van der Waals surface area contributed by atoms with Gasteiger partial charge in [0, 0.05) is 10.6 Å². The van der Waals surface area contributed by atoms with Crippen LogP contribution in [-0.4, -0.2) is 12.9 Å². The first kappa shape index (κ1) is 15.1. The third-order valence-corrected chi connectivity index (χ3v) is 3.54. The molecule has 0 amide bonds. The molecule has 0 saturated heterocycles. The highest BCUT2D eigenvalue weighted by atomic mass is 35.5. The molecule has 0 heterocycles. The van der Waals surface area contributed by atoms with Gasteiger partial charge in [-0.25, -0.2) is 0 Å². The summed E-state index contributed by atoms with van der Waals surface area (Å²) in [5.41, 5.74) is 2.03. The Hall–Kier alpha value is -2.31. The van der Waals surface area contributed by atoms with Crippen molar-refractivity contribution in [1.82, 2.24) is 0 Å². The molecule has 21 heavy (non-hydrogen) atoms. The van der Waals surface area contributed by atoms with Crippen molar-refractivity contribution >= 4 is 17.4 Å². The number of ether oxygens (including phenoxy) is 1. The van der Waals surface area contributed by atoms with Crippen molar-refractivity contribution in [2.24, 2.45) is 0 Å². The van der Waals surface area contributed by atoms with E-state index in [2.05, 4.69) is 6.07 Å². The van der Waals surface area contributed by atoms with Gasteiger partial charge in [0.2, 0.25) is 0 Å². The summed E-state index contributed by atoms with van der Waals surface area (Å²) in [5, 5.41) is 9.90. The van der Waals surface area contributed by atoms with Crippen LogP contribution in [0, 0.1) is 18.3 Å². The van der Waals surface area contributed by atoms with E-state index in [0.29, 0.717) is 21.9 Å². The summed E-state index contributed by atoms with van der Waals surface area (Å²) in [7, 11) is 1.55. The van der Waals surface area contributed by atoms with Gasteiger partial charge in [0.05, 0.1) is 13.2 Å². The second-order valence-corrected chi connectivity index (χ2v) is 5.10. The monoisotopic (exact) mass is 299 g/mol. The molecule has 0 saturated carbocycles. The Morgan fingerprint density at radius 2 is 1.90 bits per heavy atom. The van der Waals surface area contributed by atoms with Crippen molar-refractivity contribution in [3.8, 4) is 11.8 Å². The number of hydrogen-bond acceptors (Lipinski definition) is 3. The number of halogens is 1. The predicted molar refractivity (Wildman–Crippen MR) is 81.9 cm³/mol. The number of carbonyl (C=O) groups is 1. The second-order valence-electron chi connectivity index (χ2n) is 4.66. The first-order valence-corrected chi connectivity index (χ1v) is 6.78. The summed E-state index contributed by atoms with van der Waals surface area (Å²) in [5.74, 6) is -0.471. The Morgan fingerprint density at radius 1 is 1.24 bits per heavy atom. The number of ketones is 1. The number of methoxy groups -OCH3 is 1. The van der Waals surface area contributed by atoms with Gasteiger partial charge in [0.15, 0.2) is 5.78 Å². The third-order valence-electron chi connectivity index (χ3n) is 3.29. The molecule has 0 fully saturated rings. The fourth-order valence-corrected chi connectivity index (χ4v) is 2.21. The highest BCUT2D eigenvalue weighted by molar-refractivity contribution is 6.30. The van der Waals surface area contributed by atoms with Crippen LogP contribution < -0.4 is 4.74 Å². The molecule has 1 atom stereocenters. The van der Waals surface area contributed by atoms with Crippen molar-refractivity contribution in [2.75, 3.05) is 7.11 Å². The lowest BCUT2D eigenvalue weighted by Crippen LogP contribution is -2.11. The summed E-state index contributed by atoms with van der Waals surface area (Å²) in [6, 6.07) is 14.0. The molecule has 0 radical (unpaired) electrons. The lowest BCUT2D eigenvalue weighted by atomic mass is 9.91. The number of carbonyl (C=O) groups excluding carboxylic acids is 1. The van der Waals surface area contributed by atoms with Gasteiger partial charge in [0.25, 0.3) is 0 Å². The maximum Gasteiger partial charge on any atom is 0.184 e. The molecule has 1 unspecified atom stereocenters. The largest absolute Gasteiger partial charge is 0.496 e. The summed E-state index contributed by atoms with van der Waals surface area (Å²) in [4.78, 5) is 12.5. The average molecular weight is 300 g/mol. The fourth-order valence-electron chi connectivity index (χ4n) is 2.08. The van der Waals surface area contributed by atoms with E-state index in [1.54, 1.807) is 43.5 Å². The normalized spacial score (nSPS) is 11.5. The zero-order chi connectivity index (χ0) is 15.4. The molecule has 0 N–H and O–H groups in total. The van der Waals surface area contributed by atoms with E-state index >= 15 is 0 Å². The van der Waals surface area contributed by atoms with Crippen LogP contribution in [0.2, 0.25) is 5.02 Å². The van der Waals surface area contributed by atoms with Crippen LogP contribution in [0.5, 0.6) is 5.75 Å². The number of aryl methyl sites for hydroxylation is 1. The minimum Gasteiger partial charge on any atom is -0.496 e. The Labute approximate surface area is 128 Å². The van der Waals surface area contributed by atoms with Crippen LogP contribution in [-0.2, 0) is 0 Å². The van der Waals surface area contributed by atoms with Gasteiger partial charge in [-0.1, -0.05) is 35.9 Å². The molecule has 0 aromatic heterocycles. The standard InChI is InChI=1S/C17H14ClNO2/c1-11-3-4-13(9-16(11)21-2)17(20)15(10-19)12-5-7-14(18)8-6-12/h3-9,15H,1-2H3. The first-order chi connectivity index (χ1) is 10.1. The number of nitrogens with zero attached hydrogens (tertiary/aromatic N) is 1. The summed E-state index contributed by atoms with van der Waals surface area (Å²) >= 11 is 5.83. The zero-order valence-electron chi connectivity index (χ0n) is 11.8. The van der Waals surface area contributed by atoms with Gasteiger partial charge >= 0.3 is 0 Å². The topological polar surface area (TPSA) is 50.1 Å². The molecule has 106 valence electrons. The molecule has 0 spiro atoms. The van der Waals surface area contributed by atoms with E-state index in [0.717, 1.165) is 5.56 Å². The van der Waals surface area contributed by atoms with Crippen molar-refractivity contribution in [2.45, 2.75) is 12.8 Å². The summed E-state index contributed by atoms with van der Waals surface area (Å²) in [6.07, 6.45) is 0. The molecule has 2 rings (SSSR count). The average Bonchev–Trinajstić information content (AvgIpc) is 2.50. The molecule has 2 aromatic rings. The second kappa shape index (κ2) is 6.43. The fraction of sp³-hybridized carbons (Fsp3) is 0.176. The van der Waals surface area contributed by atoms with Gasteiger partial charge in [-0.05, 0) is 36.2 Å². The predicted octanol–water partition coefficient (Wildman–Crippen LogP) is 4.15.